The maximum atomic E-state index is 12.0. The first kappa shape index (κ1) is 24.3. The van der Waals surface area contributed by atoms with Crippen LogP contribution < -0.4 is 0 Å². The summed E-state index contributed by atoms with van der Waals surface area (Å²) in [5.74, 6) is 1.99. The Morgan fingerprint density at radius 2 is 1.45 bits per heavy atom. The van der Waals surface area contributed by atoms with Crippen LogP contribution in [0, 0.1) is 56.7 Å². The summed E-state index contributed by atoms with van der Waals surface area (Å²) < 4.78 is 0. The summed E-state index contributed by atoms with van der Waals surface area (Å²) in [6.07, 6.45) is 7.03. The Morgan fingerprint density at radius 3 is 2.09 bits per heavy atom. The van der Waals surface area contributed by atoms with E-state index in [9.17, 15) is 15.3 Å². The van der Waals surface area contributed by atoms with Gasteiger partial charge in [0.1, 0.15) is 0 Å². The van der Waals surface area contributed by atoms with Crippen molar-refractivity contribution in [2.75, 3.05) is 0 Å². The van der Waals surface area contributed by atoms with Gasteiger partial charge in [-0.25, -0.2) is 0 Å². The van der Waals surface area contributed by atoms with E-state index in [2.05, 4.69) is 55.0 Å². The van der Waals surface area contributed by atoms with E-state index in [4.69, 9.17) is 0 Å². The van der Waals surface area contributed by atoms with Crippen LogP contribution in [0.4, 0.5) is 0 Å². The second-order valence-electron chi connectivity index (χ2n) is 14.9. The maximum absolute atomic E-state index is 12.0. The molecule has 0 aromatic carbocycles. The fourth-order valence-corrected chi connectivity index (χ4v) is 11.5. The topological polar surface area (TPSA) is 60.7 Å². The summed E-state index contributed by atoms with van der Waals surface area (Å²) in [6, 6.07) is 0. The van der Waals surface area contributed by atoms with Crippen molar-refractivity contribution < 1.29 is 15.3 Å². The lowest BCUT2D eigenvalue weighted by atomic mass is 9.31. The normalized spacial score (nSPS) is 59.7. The van der Waals surface area contributed by atoms with Crippen LogP contribution in [0.2, 0.25) is 0 Å². The van der Waals surface area contributed by atoms with Crippen LogP contribution in [-0.4, -0.2) is 33.6 Å². The molecule has 12 atom stereocenters. The van der Waals surface area contributed by atoms with Gasteiger partial charge in [0, 0.05) is 11.8 Å². The number of hydrogen-bond acceptors (Lipinski definition) is 3. The second-order valence-corrected chi connectivity index (χ2v) is 14.9. The molecule has 0 bridgehead atoms. The molecule has 0 aromatic heterocycles. The average Bonchev–Trinajstić information content (AvgIpc) is 3.06. The zero-order valence-electron chi connectivity index (χ0n) is 22.3. The van der Waals surface area contributed by atoms with Crippen LogP contribution in [0.15, 0.2) is 12.2 Å². The largest absolute Gasteiger partial charge is 0.393 e. The first-order valence-corrected chi connectivity index (χ1v) is 13.8. The fourth-order valence-electron chi connectivity index (χ4n) is 11.5. The smallest absolute Gasteiger partial charge is 0.0625 e. The minimum atomic E-state index is -0.562. The molecule has 3 nitrogen and oxygen atoms in total. The van der Waals surface area contributed by atoms with Gasteiger partial charge < -0.3 is 15.3 Å². The van der Waals surface area contributed by atoms with Gasteiger partial charge in [0.05, 0.1) is 18.3 Å². The first-order chi connectivity index (χ1) is 15.1. The van der Waals surface area contributed by atoms with Crippen LogP contribution in [0.1, 0.15) is 99.8 Å². The van der Waals surface area contributed by atoms with Gasteiger partial charge in [0.25, 0.3) is 0 Å². The molecule has 5 rings (SSSR count). The molecule has 0 spiro atoms. The second kappa shape index (κ2) is 7.10. The predicted molar refractivity (Wildman–Crippen MR) is 133 cm³/mol. The Kier molecular flexibility index (Phi) is 5.23. The highest BCUT2D eigenvalue weighted by Gasteiger charge is 2.73. The third-order valence-corrected chi connectivity index (χ3v) is 13.5. The van der Waals surface area contributed by atoms with Crippen molar-refractivity contribution in [3.8, 4) is 0 Å². The first-order valence-electron chi connectivity index (χ1n) is 13.8. The van der Waals surface area contributed by atoms with Crippen LogP contribution in [-0.2, 0) is 0 Å². The molecule has 5 aliphatic rings. The summed E-state index contributed by atoms with van der Waals surface area (Å²) in [5, 5.41) is 34.5. The molecule has 5 aliphatic carbocycles. The van der Waals surface area contributed by atoms with Gasteiger partial charge in [0.15, 0.2) is 0 Å². The number of aliphatic hydroxyl groups is 3. The molecule has 5 fully saturated rings. The summed E-state index contributed by atoms with van der Waals surface area (Å²) in [4.78, 5) is 0. The zero-order chi connectivity index (χ0) is 24.4. The lowest BCUT2D eigenvalue weighted by Crippen LogP contribution is -2.72. The van der Waals surface area contributed by atoms with Gasteiger partial charge in [-0.05, 0) is 103 Å². The number of fused-ring (bicyclic) bond motifs is 7. The zero-order valence-corrected chi connectivity index (χ0v) is 22.3. The summed E-state index contributed by atoms with van der Waals surface area (Å²) in [7, 11) is 0. The third kappa shape index (κ3) is 2.80. The molecule has 0 unspecified atom stereocenters. The van der Waals surface area contributed by atoms with Gasteiger partial charge >= 0.3 is 0 Å². The van der Waals surface area contributed by atoms with Gasteiger partial charge in [-0.2, -0.15) is 0 Å². The molecule has 3 N–H and O–H groups in total. The van der Waals surface area contributed by atoms with E-state index in [1.807, 2.05) is 0 Å². The third-order valence-electron chi connectivity index (χ3n) is 13.5. The summed E-state index contributed by atoms with van der Waals surface area (Å²) in [6.45, 7) is 20.9. The molecule has 33 heavy (non-hydrogen) atoms. The lowest BCUT2D eigenvalue weighted by Gasteiger charge is -2.74. The molecule has 3 heteroatoms. The SMILES string of the molecule is C=C(C)[C@@H]1CC[C@]2(C)CC[C@]3(C)[C@@H](C[C@@H](O)[C@@H]4[C@@]5(C)[C@H](O)C[C@H](O)C(C)(C)[C@@H]5CC[C@]43C)[C@@H]12. The molecule has 0 radical (unpaired) electrons. The Balaban J connectivity index is 1.61. The van der Waals surface area contributed by atoms with Crippen molar-refractivity contribution in [3.63, 3.8) is 0 Å². The van der Waals surface area contributed by atoms with E-state index in [0.717, 1.165) is 19.3 Å². The Morgan fingerprint density at radius 1 is 0.788 bits per heavy atom. The van der Waals surface area contributed by atoms with E-state index < -0.39 is 18.3 Å². The van der Waals surface area contributed by atoms with E-state index in [0.29, 0.717) is 29.6 Å². The van der Waals surface area contributed by atoms with E-state index in [1.54, 1.807) is 0 Å². The van der Waals surface area contributed by atoms with E-state index in [1.165, 1.54) is 31.3 Å². The molecular formula is C30H50O3. The molecule has 5 saturated carbocycles. The number of allylic oxidation sites excluding steroid dienone is 1. The maximum Gasteiger partial charge on any atom is 0.0625 e. The van der Waals surface area contributed by atoms with Crippen molar-refractivity contribution in [3.05, 3.63) is 12.2 Å². The minimum Gasteiger partial charge on any atom is -0.393 e. The van der Waals surface area contributed by atoms with Crippen molar-refractivity contribution in [1.29, 1.82) is 0 Å². The van der Waals surface area contributed by atoms with Crippen molar-refractivity contribution >= 4 is 0 Å². The van der Waals surface area contributed by atoms with E-state index >= 15 is 0 Å². The molecule has 0 aromatic rings. The van der Waals surface area contributed by atoms with Crippen LogP contribution in [0.5, 0.6) is 0 Å². The van der Waals surface area contributed by atoms with Crippen LogP contribution in [0.3, 0.4) is 0 Å². The van der Waals surface area contributed by atoms with Gasteiger partial charge in [-0.3, -0.25) is 0 Å². The molecule has 0 amide bonds. The Hall–Kier alpha value is -0.380. The quantitative estimate of drug-likeness (QED) is 0.425. The molecule has 0 saturated heterocycles. The van der Waals surface area contributed by atoms with Crippen molar-refractivity contribution in [2.24, 2.45) is 56.7 Å². The highest BCUT2D eigenvalue weighted by Crippen LogP contribution is 2.77. The number of aliphatic hydroxyl groups excluding tert-OH is 3. The summed E-state index contributed by atoms with van der Waals surface area (Å²) >= 11 is 0. The Labute approximate surface area is 202 Å². The fraction of sp³-hybridized carbons (Fsp3) is 0.933. The Bertz CT molecular complexity index is 834. The van der Waals surface area contributed by atoms with Gasteiger partial charge in [0.2, 0.25) is 0 Å². The van der Waals surface area contributed by atoms with E-state index in [-0.39, 0.29) is 33.5 Å². The number of rotatable bonds is 1. The van der Waals surface area contributed by atoms with Crippen molar-refractivity contribution in [2.45, 2.75) is 118 Å². The number of hydrogen-bond donors (Lipinski definition) is 3. The van der Waals surface area contributed by atoms with Crippen molar-refractivity contribution in [1.82, 2.24) is 0 Å². The summed E-state index contributed by atoms with van der Waals surface area (Å²) in [5.41, 5.74) is 1.25. The van der Waals surface area contributed by atoms with Crippen LogP contribution in [0.25, 0.3) is 0 Å². The molecule has 188 valence electrons. The molecule has 0 aliphatic heterocycles. The standard InChI is InChI=1S/C30H50O3/c1-17(2)18-9-11-27(5)13-14-28(6)19(24(18)27)15-20(31)25-29(28,7)12-10-21-26(3,4)22(32)16-23(33)30(21,25)8/h18-25,31-33H,1,9-16H2,2-8H3/t18-,19-,20+,21-,22-,23+,24+,25-,27+,28+,29+,30+/m0/s1. The predicted octanol–water partition coefficient (Wildman–Crippen LogP) is 5.97. The molecule has 0 heterocycles. The van der Waals surface area contributed by atoms with Gasteiger partial charge in [-0.15, -0.1) is 0 Å². The monoisotopic (exact) mass is 458 g/mol. The average molecular weight is 459 g/mol. The van der Waals surface area contributed by atoms with Crippen LogP contribution >= 0.6 is 0 Å². The highest BCUT2D eigenvalue weighted by molar-refractivity contribution is 5.23. The van der Waals surface area contributed by atoms with Gasteiger partial charge in [-0.1, -0.05) is 53.7 Å². The highest BCUT2D eigenvalue weighted by atomic mass is 16.3. The minimum absolute atomic E-state index is 0.0104. The molecular weight excluding hydrogens is 408 g/mol. The lowest BCUT2D eigenvalue weighted by molar-refractivity contribution is -0.298.